The third-order valence-corrected chi connectivity index (χ3v) is 2.03. The van der Waals surface area contributed by atoms with Crippen LogP contribution in [-0.2, 0) is 4.79 Å². The zero-order chi connectivity index (χ0) is 12.8. The number of hydrogen-bond acceptors (Lipinski definition) is 4. The predicted molar refractivity (Wildman–Crippen MR) is 60.4 cm³/mol. The number of aliphatic carboxylic acids is 1. The smallest absolute Gasteiger partial charge is 0.328 e. The molecule has 0 spiro atoms. The second kappa shape index (κ2) is 5.86. The molecule has 0 aromatic heterocycles. The van der Waals surface area contributed by atoms with E-state index in [-0.39, 0.29) is 23.1 Å². The van der Waals surface area contributed by atoms with Crippen LogP contribution in [0.5, 0.6) is 5.75 Å². The highest BCUT2D eigenvalue weighted by molar-refractivity contribution is 6.32. The number of rotatable bonds is 5. The van der Waals surface area contributed by atoms with E-state index in [9.17, 15) is 14.9 Å². The van der Waals surface area contributed by atoms with Gasteiger partial charge in [0.2, 0.25) is 0 Å². The summed E-state index contributed by atoms with van der Waals surface area (Å²) >= 11 is 5.75. The molecule has 90 valence electrons. The van der Waals surface area contributed by atoms with E-state index in [1.807, 2.05) is 0 Å². The third kappa shape index (κ3) is 4.12. The predicted octanol–water partition coefficient (Wildman–Crippen LogP) is 2.27. The molecule has 0 heterocycles. The van der Waals surface area contributed by atoms with Crippen molar-refractivity contribution in [1.29, 1.82) is 0 Å². The number of hydrogen-bond donors (Lipinski definition) is 1. The SMILES string of the molecule is O=C(O)/C=C/COc1cc([N+](=O)[O-])ccc1Cl. The van der Waals surface area contributed by atoms with Crippen molar-refractivity contribution in [2.45, 2.75) is 0 Å². The molecule has 1 aromatic rings. The maximum absolute atomic E-state index is 10.5. The number of non-ortho nitro benzene ring substituents is 1. The number of ether oxygens (including phenoxy) is 1. The van der Waals surface area contributed by atoms with Crippen LogP contribution in [0.2, 0.25) is 5.02 Å². The molecule has 1 aromatic carbocycles. The van der Waals surface area contributed by atoms with Gasteiger partial charge in [-0.2, -0.15) is 0 Å². The number of halogens is 1. The van der Waals surface area contributed by atoms with Crippen molar-refractivity contribution in [2.75, 3.05) is 6.61 Å². The molecule has 0 saturated carbocycles. The molecule has 17 heavy (non-hydrogen) atoms. The Balaban J connectivity index is 2.73. The van der Waals surface area contributed by atoms with Gasteiger partial charge in [0.25, 0.3) is 5.69 Å². The standard InChI is InChI=1S/C10H8ClNO5/c11-8-4-3-7(12(15)16)6-9(8)17-5-1-2-10(13)14/h1-4,6H,5H2,(H,13,14)/b2-1+. The van der Waals surface area contributed by atoms with E-state index in [4.69, 9.17) is 21.4 Å². The maximum atomic E-state index is 10.5. The zero-order valence-corrected chi connectivity index (χ0v) is 9.26. The van der Waals surface area contributed by atoms with E-state index in [2.05, 4.69) is 0 Å². The second-order valence-electron chi connectivity index (χ2n) is 2.92. The van der Waals surface area contributed by atoms with Gasteiger partial charge in [0, 0.05) is 12.1 Å². The molecule has 1 N–H and O–H groups in total. The first-order valence-corrected chi connectivity index (χ1v) is 4.84. The summed E-state index contributed by atoms with van der Waals surface area (Å²) in [6, 6.07) is 3.77. The van der Waals surface area contributed by atoms with Crippen LogP contribution in [0.1, 0.15) is 0 Å². The quantitative estimate of drug-likeness (QED) is 0.496. The number of nitro benzene ring substituents is 1. The summed E-state index contributed by atoms with van der Waals surface area (Å²) in [5.41, 5.74) is -0.147. The Morgan fingerprint density at radius 1 is 1.59 bits per heavy atom. The third-order valence-electron chi connectivity index (χ3n) is 1.72. The van der Waals surface area contributed by atoms with Gasteiger partial charge in [-0.15, -0.1) is 0 Å². The van der Waals surface area contributed by atoms with E-state index >= 15 is 0 Å². The highest BCUT2D eigenvalue weighted by Gasteiger charge is 2.10. The number of nitrogens with zero attached hydrogens (tertiary/aromatic N) is 1. The van der Waals surface area contributed by atoms with Crippen molar-refractivity contribution in [3.63, 3.8) is 0 Å². The molecule has 7 heteroatoms. The first-order chi connectivity index (χ1) is 8.00. The fourth-order valence-corrected chi connectivity index (χ4v) is 1.18. The molecule has 6 nitrogen and oxygen atoms in total. The Morgan fingerprint density at radius 2 is 2.29 bits per heavy atom. The molecule has 0 atom stereocenters. The minimum atomic E-state index is -1.10. The molecule has 0 bridgehead atoms. The van der Waals surface area contributed by atoms with Crippen molar-refractivity contribution in [3.05, 3.63) is 45.5 Å². The van der Waals surface area contributed by atoms with Crippen LogP contribution in [0, 0.1) is 10.1 Å². The molecule has 0 saturated heterocycles. The summed E-state index contributed by atoms with van der Waals surface area (Å²) in [6.07, 6.45) is 2.17. The average Bonchev–Trinajstić information content (AvgIpc) is 2.25. The lowest BCUT2D eigenvalue weighted by Crippen LogP contribution is -1.97. The molecular weight excluding hydrogens is 250 g/mol. The molecule has 0 unspecified atom stereocenters. The van der Waals surface area contributed by atoms with E-state index in [1.165, 1.54) is 24.3 Å². The van der Waals surface area contributed by atoms with Gasteiger partial charge in [-0.25, -0.2) is 4.79 Å². The Kier molecular flexibility index (Phi) is 4.47. The molecule has 0 radical (unpaired) electrons. The molecule has 0 aliphatic rings. The van der Waals surface area contributed by atoms with Gasteiger partial charge in [-0.05, 0) is 12.1 Å². The lowest BCUT2D eigenvalue weighted by Gasteiger charge is -2.04. The van der Waals surface area contributed by atoms with Crippen LogP contribution in [-0.4, -0.2) is 22.6 Å². The van der Waals surface area contributed by atoms with Crippen molar-refractivity contribution in [3.8, 4) is 5.75 Å². The topological polar surface area (TPSA) is 89.7 Å². The van der Waals surface area contributed by atoms with Crippen LogP contribution in [0.3, 0.4) is 0 Å². The molecule has 1 rings (SSSR count). The Labute approximate surface area is 101 Å². The van der Waals surface area contributed by atoms with Gasteiger partial charge in [-0.3, -0.25) is 10.1 Å². The Bertz CT molecular complexity index is 472. The molecule has 0 aliphatic heterocycles. The maximum Gasteiger partial charge on any atom is 0.328 e. The number of nitro groups is 1. The van der Waals surface area contributed by atoms with Gasteiger partial charge >= 0.3 is 5.97 Å². The first kappa shape index (κ1) is 13.0. The summed E-state index contributed by atoms with van der Waals surface area (Å²) in [6.45, 7) is -0.0345. The molecule has 0 fully saturated rings. The number of benzene rings is 1. The summed E-state index contributed by atoms with van der Waals surface area (Å²) < 4.78 is 5.09. The highest BCUT2D eigenvalue weighted by atomic mass is 35.5. The Morgan fingerprint density at radius 3 is 2.88 bits per heavy atom. The van der Waals surface area contributed by atoms with Crippen LogP contribution in [0.4, 0.5) is 5.69 Å². The minimum Gasteiger partial charge on any atom is -0.488 e. The fourth-order valence-electron chi connectivity index (χ4n) is 1.00. The summed E-state index contributed by atoms with van der Waals surface area (Å²) in [5.74, 6) is -0.963. The van der Waals surface area contributed by atoms with Gasteiger partial charge in [0.05, 0.1) is 16.0 Å². The zero-order valence-electron chi connectivity index (χ0n) is 8.50. The largest absolute Gasteiger partial charge is 0.488 e. The number of carbonyl (C=O) groups is 1. The average molecular weight is 258 g/mol. The molecular formula is C10H8ClNO5. The normalized spacial score (nSPS) is 10.4. The van der Waals surface area contributed by atoms with E-state index in [0.717, 1.165) is 6.08 Å². The van der Waals surface area contributed by atoms with E-state index in [1.54, 1.807) is 0 Å². The van der Waals surface area contributed by atoms with Gasteiger partial charge < -0.3 is 9.84 Å². The molecule has 0 amide bonds. The lowest BCUT2D eigenvalue weighted by atomic mass is 10.3. The highest BCUT2D eigenvalue weighted by Crippen LogP contribution is 2.28. The molecule has 0 aliphatic carbocycles. The number of carboxylic acid groups (broad SMARTS) is 1. The minimum absolute atomic E-state index is 0.0345. The van der Waals surface area contributed by atoms with Crippen molar-refractivity contribution < 1.29 is 19.6 Å². The van der Waals surface area contributed by atoms with Gasteiger partial charge in [0.1, 0.15) is 12.4 Å². The fraction of sp³-hybridized carbons (Fsp3) is 0.100. The monoisotopic (exact) mass is 257 g/mol. The van der Waals surface area contributed by atoms with Crippen LogP contribution < -0.4 is 4.74 Å². The van der Waals surface area contributed by atoms with Crippen molar-refractivity contribution >= 4 is 23.3 Å². The van der Waals surface area contributed by atoms with E-state index < -0.39 is 10.9 Å². The second-order valence-corrected chi connectivity index (χ2v) is 3.33. The van der Waals surface area contributed by atoms with Gasteiger partial charge in [0.15, 0.2) is 0 Å². The summed E-state index contributed by atoms with van der Waals surface area (Å²) in [7, 11) is 0. The first-order valence-electron chi connectivity index (χ1n) is 4.47. The van der Waals surface area contributed by atoms with Crippen LogP contribution in [0.15, 0.2) is 30.4 Å². The number of carboxylic acids is 1. The summed E-state index contributed by atoms with van der Waals surface area (Å²) in [5, 5.41) is 19.0. The van der Waals surface area contributed by atoms with Crippen LogP contribution >= 0.6 is 11.6 Å². The van der Waals surface area contributed by atoms with Crippen molar-refractivity contribution in [2.24, 2.45) is 0 Å². The summed E-state index contributed by atoms with van der Waals surface area (Å²) in [4.78, 5) is 20.1. The lowest BCUT2D eigenvalue weighted by molar-refractivity contribution is -0.384. The van der Waals surface area contributed by atoms with E-state index in [0.29, 0.717) is 0 Å². The van der Waals surface area contributed by atoms with Crippen molar-refractivity contribution in [1.82, 2.24) is 0 Å². The van der Waals surface area contributed by atoms with Crippen LogP contribution in [0.25, 0.3) is 0 Å². The Hall–Kier alpha value is -2.08. The van der Waals surface area contributed by atoms with Gasteiger partial charge in [-0.1, -0.05) is 11.6 Å².